The number of nitriles is 1. The van der Waals surface area contributed by atoms with Crippen molar-refractivity contribution >= 4 is 17.3 Å². The molecule has 0 spiro atoms. The first kappa shape index (κ1) is 11.7. The molecule has 0 amide bonds. The molecule has 0 unspecified atom stereocenters. The molecule has 0 radical (unpaired) electrons. The minimum absolute atomic E-state index is 0.311. The number of anilines is 3. The number of nitrogen functional groups attached to an aromatic ring is 2. The molecule has 5 nitrogen and oxygen atoms in total. The molecule has 0 aliphatic heterocycles. The third kappa shape index (κ3) is 2.68. The average Bonchev–Trinajstić information content (AvgIpc) is 2.40. The summed E-state index contributed by atoms with van der Waals surface area (Å²) in [4.78, 5) is 4.11. The van der Waals surface area contributed by atoms with E-state index in [1.807, 2.05) is 18.2 Å². The molecule has 0 aliphatic rings. The zero-order chi connectivity index (χ0) is 13.0. The maximum Gasteiger partial charge on any atom is 0.149 e. The van der Waals surface area contributed by atoms with Crippen molar-refractivity contribution in [2.24, 2.45) is 0 Å². The van der Waals surface area contributed by atoms with Crippen LogP contribution in [0, 0.1) is 11.3 Å². The van der Waals surface area contributed by atoms with Crippen molar-refractivity contribution in [2.45, 2.75) is 6.54 Å². The van der Waals surface area contributed by atoms with Gasteiger partial charge in [-0.25, -0.2) is 4.98 Å². The lowest BCUT2D eigenvalue weighted by molar-refractivity contribution is 1.11. The molecule has 2 aromatic rings. The van der Waals surface area contributed by atoms with Crippen molar-refractivity contribution in [3.05, 3.63) is 47.5 Å². The van der Waals surface area contributed by atoms with Crippen LogP contribution in [0.15, 0.2) is 36.4 Å². The SMILES string of the molecule is N#Cc1cccc(CNc2ccc(N)c(N)n2)c1. The zero-order valence-electron chi connectivity index (χ0n) is 9.72. The second-order valence-electron chi connectivity index (χ2n) is 3.84. The summed E-state index contributed by atoms with van der Waals surface area (Å²) in [7, 11) is 0. The van der Waals surface area contributed by atoms with E-state index in [2.05, 4.69) is 16.4 Å². The molecule has 90 valence electrons. The number of aromatic nitrogens is 1. The number of pyridine rings is 1. The summed E-state index contributed by atoms with van der Waals surface area (Å²) in [6.07, 6.45) is 0. The van der Waals surface area contributed by atoms with E-state index in [0.717, 1.165) is 5.56 Å². The number of hydrogen-bond acceptors (Lipinski definition) is 5. The van der Waals surface area contributed by atoms with Gasteiger partial charge in [0.15, 0.2) is 0 Å². The third-order valence-electron chi connectivity index (χ3n) is 2.49. The van der Waals surface area contributed by atoms with Gasteiger partial charge < -0.3 is 16.8 Å². The molecule has 0 aliphatic carbocycles. The summed E-state index contributed by atoms with van der Waals surface area (Å²) in [5.74, 6) is 0.967. The van der Waals surface area contributed by atoms with Crippen LogP contribution in [0.2, 0.25) is 0 Å². The molecule has 5 heteroatoms. The molecule has 0 bridgehead atoms. The third-order valence-corrected chi connectivity index (χ3v) is 2.49. The normalized spacial score (nSPS) is 9.72. The van der Waals surface area contributed by atoms with Gasteiger partial charge >= 0.3 is 0 Å². The molecule has 0 saturated heterocycles. The predicted octanol–water partition coefficient (Wildman–Crippen LogP) is 1.73. The van der Waals surface area contributed by atoms with E-state index in [0.29, 0.717) is 29.4 Å². The first-order valence-electron chi connectivity index (χ1n) is 5.44. The molecular weight excluding hydrogens is 226 g/mol. The highest BCUT2D eigenvalue weighted by atomic mass is 15.0. The molecule has 18 heavy (non-hydrogen) atoms. The second kappa shape index (κ2) is 5.06. The summed E-state index contributed by atoms with van der Waals surface area (Å²) in [5, 5.41) is 11.9. The van der Waals surface area contributed by atoms with Gasteiger partial charge in [0.2, 0.25) is 0 Å². The Bertz CT molecular complexity index is 601. The van der Waals surface area contributed by atoms with Crippen molar-refractivity contribution in [1.29, 1.82) is 5.26 Å². The average molecular weight is 239 g/mol. The number of nitrogens with one attached hydrogen (secondary N) is 1. The monoisotopic (exact) mass is 239 g/mol. The maximum atomic E-state index is 8.80. The van der Waals surface area contributed by atoms with E-state index in [-0.39, 0.29) is 0 Å². The number of hydrogen-bond donors (Lipinski definition) is 3. The van der Waals surface area contributed by atoms with Crippen LogP contribution >= 0.6 is 0 Å². The second-order valence-corrected chi connectivity index (χ2v) is 3.84. The Labute approximate surface area is 105 Å². The van der Waals surface area contributed by atoms with Crippen molar-refractivity contribution in [3.8, 4) is 6.07 Å². The van der Waals surface area contributed by atoms with Crippen molar-refractivity contribution in [3.63, 3.8) is 0 Å². The molecule has 0 atom stereocenters. The molecule has 1 aromatic heterocycles. The van der Waals surface area contributed by atoms with Crippen molar-refractivity contribution in [1.82, 2.24) is 4.98 Å². The summed E-state index contributed by atoms with van der Waals surface area (Å²) < 4.78 is 0. The quantitative estimate of drug-likeness (QED) is 0.757. The van der Waals surface area contributed by atoms with Gasteiger partial charge in [0.05, 0.1) is 17.3 Å². The molecule has 5 N–H and O–H groups in total. The van der Waals surface area contributed by atoms with E-state index in [1.54, 1.807) is 18.2 Å². The zero-order valence-corrected chi connectivity index (χ0v) is 9.72. The van der Waals surface area contributed by atoms with E-state index in [4.69, 9.17) is 16.7 Å². The first-order valence-corrected chi connectivity index (χ1v) is 5.44. The van der Waals surface area contributed by atoms with Crippen LogP contribution in [0.5, 0.6) is 0 Å². The van der Waals surface area contributed by atoms with Gasteiger partial charge in [-0.1, -0.05) is 12.1 Å². The van der Waals surface area contributed by atoms with Gasteiger partial charge in [0, 0.05) is 6.54 Å². The van der Waals surface area contributed by atoms with Crippen LogP contribution < -0.4 is 16.8 Å². The fourth-order valence-electron chi connectivity index (χ4n) is 1.53. The summed E-state index contributed by atoms with van der Waals surface area (Å²) in [5.41, 5.74) is 13.3. The lowest BCUT2D eigenvalue weighted by Gasteiger charge is -2.07. The summed E-state index contributed by atoms with van der Waals surface area (Å²) in [6, 6.07) is 13.0. The number of benzene rings is 1. The largest absolute Gasteiger partial charge is 0.396 e. The molecule has 1 heterocycles. The fourth-order valence-corrected chi connectivity index (χ4v) is 1.53. The standard InChI is InChI=1S/C13H13N5/c14-7-9-2-1-3-10(6-9)8-17-12-5-4-11(15)13(16)18-12/h1-6H,8,15H2,(H3,16,17,18). The number of rotatable bonds is 3. The van der Waals surface area contributed by atoms with E-state index in [1.165, 1.54) is 0 Å². The van der Waals surface area contributed by atoms with E-state index >= 15 is 0 Å². The van der Waals surface area contributed by atoms with Gasteiger partial charge in [-0.2, -0.15) is 5.26 Å². The first-order chi connectivity index (χ1) is 8.69. The van der Waals surface area contributed by atoms with Crippen LogP contribution in [-0.4, -0.2) is 4.98 Å². The minimum atomic E-state index is 0.311. The lowest BCUT2D eigenvalue weighted by atomic mass is 10.1. The Morgan fingerprint density at radius 1 is 1.22 bits per heavy atom. The minimum Gasteiger partial charge on any atom is -0.396 e. The van der Waals surface area contributed by atoms with Gasteiger partial charge in [0.1, 0.15) is 11.6 Å². The topological polar surface area (TPSA) is 101 Å². The Balaban J connectivity index is 2.07. The van der Waals surface area contributed by atoms with Crippen LogP contribution in [0.25, 0.3) is 0 Å². The highest BCUT2D eigenvalue weighted by molar-refractivity contribution is 5.61. The molecule has 2 rings (SSSR count). The summed E-state index contributed by atoms with van der Waals surface area (Å²) in [6.45, 7) is 0.575. The fraction of sp³-hybridized carbons (Fsp3) is 0.0769. The van der Waals surface area contributed by atoms with Gasteiger partial charge in [-0.05, 0) is 29.8 Å². The van der Waals surface area contributed by atoms with Crippen molar-refractivity contribution in [2.75, 3.05) is 16.8 Å². The van der Waals surface area contributed by atoms with E-state index in [9.17, 15) is 0 Å². The van der Waals surface area contributed by atoms with Gasteiger partial charge in [-0.3, -0.25) is 0 Å². The summed E-state index contributed by atoms with van der Waals surface area (Å²) >= 11 is 0. The molecular formula is C13H13N5. The lowest BCUT2D eigenvalue weighted by Crippen LogP contribution is -2.04. The maximum absolute atomic E-state index is 8.80. The van der Waals surface area contributed by atoms with Crippen LogP contribution in [0.4, 0.5) is 17.3 Å². The molecule has 0 saturated carbocycles. The molecule has 0 fully saturated rings. The highest BCUT2D eigenvalue weighted by Crippen LogP contribution is 2.15. The van der Waals surface area contributed by atoms with E-state index < -0.39 is 0 Å². The van der Waals surface area contributed by atoms with Crippen LogP contribution in [-0.2, 0) is 6.54 Å². The van der Waals surface area contributed by atoms with Gasteiger partial charge in [0.25, 0.3) is 0 Å². The van der Waals surface area contributed by atoms with Crippen LogP contribution in [0.3, 0.4) is 0 Å². The predicted molar refractivity (Wildman–Crippen MR) is 71.5 cm³/mol. The van der Waals surface area contributed by atoms with Crippen LogP contribution in [0.1, 0.15) is 11.1 Å². The Hall–Kier alpha value is -2.74. The van der Waals surface area contributed by atoms with Gasteiger partial charge in [-0.15, -0.1) is 0 Å². The molecule has 1 aromatic carbocycles. The Morgan fingerprint density at radius 3 is 2.78 bits per heavy atom. The van der Waals surface area contributed by atoms with Crippen molar-refractivity contribution < 1.29 is 0 Å². The smallest absolute Gasteiger partial charge is 0.149 e. The number of nitrogens with two attached hydrogens (primary N) is 2. The highest BCUT2D eigenvalue weighted by Gasteiger charge is 2.00. The Morgan fingerprint density at radius 2 is 2.06 bits per heavy atom. The number of nitrogens with zero attached hydrogens (tertiary/aromatic N) is 2. The Kier molecular flexibility index (Phi) is 3.30.